The van der Waals surface area contributed by atoms with Crippen LogP contribution >= 0.6 is 0 Å². The minimum atomic E-state index is -4.84. The van der Waals surface area contributed by atoms with Gasteiger partial charge < -0.3 is 13.9 Å². The Morgan fingerprint density at radius 2 is 2.05 bits per heavy atom. The van der Waals surface area contributed by atoms with Crippen LogP contribution in [0.3, 0.4) is 0 Å². The molecule has 2 aromatic rings. The Bertz CT molecular complexity index is 669. The maximum atomic E-state index is 12.1. The van der Waals surface area contributed by atoms with Crippen LogP contribution in [0.15, 0.2) is 28.7 Å². The monoisotopic (exact) mass is 316 g/mol. The van der Waals surface area contributed by atoms with Crippen molar-refractivity contribution in [2.45, 2.75) is 26.3 Å². The zero-order valence-electron chi connectivity index (χ0n) is 11.5. The summed E-state index contributed by atoms with van der Waals surface area (Å²) in [6, 6.07) is 4.56. The molecule has 22 heavy (non-hydrogen) atoms. The molecule has 0 unspecified atom stereocenters. The molecule has 118 valence electrons. The first kappa shape index (κ1) is 15.8. The molecule has 0 aliphatic rings. The van der Waals surface area contributed by atoms with Gasteiger partial charge in [-0.25, -0.2) is 4.79 Å². The smallest absolute Gasteiger partial charge is 0.449 e. The lowest BCUT2D eigenvalue weighted by Crippen LogP contribution is -2.17. The molecule has 1 aromatic carbocycles. The number of carbonyl (C=O) groups is 1. The third kappa shape index (κ3) is 4.21. The molecular weight excluding hydrogens is 305 g/mol. The van der Waals surface area contributed by atoms with Crippen LogP contribution in [0.5, 0.6) is 5.75 Å². The number of hydrogen-bond acceptors (Lipinski definition) is 6. The fourth-order valence-corrected chi connectivity index (χ4v) is 1.58. The second-order valence-electron chi connectivity index (χ2n) is 4.28. The van der Waals surface area contributed by atoms with Crippen LogP contribution in [-0.2, 0) is 4.74 Å². The van der Waals surface area contributed by atoms with Crippen molar-refractivity contribution in [2.75, 3.05) is 0 Å². The molecule has 0 aliphatic carbocycles. The second-order valence-corrected chi connectivity index (χ2v) is 4.28. The van der Waals surface area contributed by atoms with Gasteiger partial charge in [0.25, 0.3) is 5.89 Å². The molecule has 6 nitrogen and oxygen atoms in total. The number of halogens is 3. The van der Waals surface area contributed by atoms with Gasteiger partial charge in [0.2, 0.25) is 5.89 Å². The van der Waals surface area contributed by atoms with Gasteiger partial charge in [-0.05, 0) is 25.1 Å². The standard InChI is InChI=1S/C13H11F3N2O4/c1-7(11-18-17-8(2)21-11)20-12(19)9-4-3-5-10(6-9)22-13(14,15)16/h3-7H,1-2H3/t7-/m1/s1. The van der Waals surface area contributed by atoms with E-state index in [0.717, 1.165) is 12.1 Å². The average molecular weight is 316 g/mol. The highest BCUT2D eigenvalue weighted by Gasteiger charge is 2.31. The minimum absolute atomic E-state index is 0.0912. The largest absolute Gasteiger partial charge is 0.573 e. The minimum Gasteiger partial charge on any atom is -0.449 e. The van der Waals surface area contributed by atoms with Crippen molar-refractivity contribution in [2.24, 2.45) is 0 Å². The molecule has 0 fully saturated rings. The number of aryl methyl sites for hydroxylation is 1. The molecule has 0 spiro atoms. The highest BCUT2D eigenvalue weighted by Crippen LogP contribution is 2.24. The van der Waals surface area contributed by atoms with Crippen molar-refractivity contribution in [1.82, 2.24) is 10.2 Å². The van der Waals surface area contributed by atoms with E-state index < -0.39 is 24.2 Å². The molecule has 0 bridgehead atoms. The van der Waals surface area contributed by atoms with E-state index in [1.165, 1.54) is 19.1 Å². The lowest BCUT2D eigenvalue weighted by atomic mass is 10.2. The lowest BCUT2D eigenvalue weighted by Gasteiger charge is -2.11. The third-order valence-corrected chi connectivity index (χ3v) is 2.48. The normalized spacial score (nSPS) is 12.8. The zero-order valence-corrected chi connectivity index (χ0v) is 11.5. The predicted molar refractivity (Wildman–Crippen MR) is 66.0 cm³/mol. The first-order valence-electron chi connectivity index (χ1n) is 6.11. The summed E-state index contributed by atoms with van der Waals surface area (Å²) in [7, 11) is 0. The molecule has 0 amide bonds. The fourth-order valence-electron chi connectivity index (χ4n) is 1.58. The van der Waals surface area contributed by atoms with Gasteiger partial charge in [0, 0.05) is 6.92 Å². The van der Waals surface area contributed by atoms with Gasteiger partial charge in [-0.1, -0.05) is 6.07 Å². The topological polar surface area (TPSA) is 74.5 Å². The summed E-state index contributed by atoms with van der Waals surface area (Å²) in [5, 5.41) is 7.28. The highest BCUT2D eigenvalue weighted by atomic mass is 19.4. The molecule has 2 rings (SSSR count). The van der Waals surface area contributed by atoms with Crippen molar-refractivity contribution >= 4 is 5.97 Å². The Morgan fingerprint density at radius 3 is 2.64 bits per heavy atom. The number of benzene rings is 1. The average Bonchev–Trinajstić information content (AvgIpc) is 2.84. The van der Waals surface area contributed by atoms with Crippen LogP contribution in [0.2, 0.25) is 0 Å². The van der Waals surface area contributed by atoms with E-state index in [2.05, 4.69) is 14.9 Å². The fraction of sp³-hybridized carbons (Fsp3) is 0.308. The molecule has 1 aromatic heterocycles. The van der Waals surface area contributed by atoms with Gasteiger partial charge in [0.1, 0.15) is 5.75 Å². The summed E-state index contributed by atoms with van der Waals surface area (Å²) in [5.41, 5.74) is -0.0927. The molecule has 9 heteroatoms. The highest BCUT2D eigenvalue weighted by molar-refractivity contribution is 5.89. The number of aromatic nitrogens is 2. The van der Waals surface area contributed by atoms with Crippen molar-refractivity contribution in [3.05, 3.63) is 41.6 Å². The number of ether oxygens (including phenoxy) is 2. The molecule has 1 heterocycles. The van der Waals surface area contributed by atoms with Crippen LogP contribution in [0.4, 0.5) is 13.2 Å². The van der Waals surface area contributed by atoms with Crippen LogP contribution in [0.25, 0.3) is 0 Å². The van der Waals surface area contributed by atoms with Gasteiger partial charge in [-0.3, -0.25) is 0 Å². The number of alkyl halides is 3. The molecule has 0 aliphatic heterocycles. The van der Waals surface area contributed by atoms with Crippen LogP contribution < -0.4 is 4.74 Å². The van der Waals surface area contributed by atoms with Gasteiger partial charge in [0.15, 0.2) is 6.10 Å². The van der Waals surface area contributed by atoms with Gasteiger partial charge in [-0.2, -0.15) is 0 Å². The zero-order chi connectivity index (χ0) is 16.3. The Morgan fingerprint density at radius 1 is 1.32 bits per heavy atom. The quantitative estimate of drug-likeness (QED) is 0.806. The Labute approximate surface area is 122 Å². The first-order valence-corrected chi connectivity index (χ1v) is 6.11. The van der Waals surface area contributed by atoms with Crippen molar-refractivity contribution < 1.29 is 31.9 Å². The maximum Gasteiger partial charge on any atom is 0.573 e. The Kier molecular flexibility index (Phi) is 4.34. The molecule has 0 saturated heterocycles. The summed E-state index contributed by atoms with van der Waals surface area (Å²) >= 11 is 0. The summed E-state index contributed by atoms with van der Waals surface area (Å²) < 4.78 is 50.3. The number of nitrogens with zero attached hydrogens (tertiary/aromatic N) is 2. The van der Waals surface area contributed by atoms with Crippen LogP contribution in [0, 0.1) is 6.92 Å². The molecule has 0 radical (unpaired) electrons. The second kappa shape index (κ2) is 6.04. The molecular formula is C13H11F3N2O4. The molecule has 0 N–H and O–H groups in total. The number of rotatable bonds is 4. The van der Waals surface area contributed by atoms with Gasteiger partial charge in [-0.15, -0.1) is 23.4 Å². The maximum absolute atomic E-state index is 12.1. The van der Waals surface area contributed by atoms with E-state index in [1.807, 2.05) is 0 Å². The number of hydrogen-bond donors (Lipinski definition) is 0. The van der Waals surface area contributed by atoms with E-state index in [0.29, 0.717) is 5.89 Å². The Balaban J connectivity index is 2.08. The number of carbonyl (C=O) groups excluding carboxylic acids is 1. The summed E-state index contributed by atoms with van der Waals surface area (Å²) in [6.45, 7) is 3.07. The van der Waals surface area contributed by atoms with Crippen molar-refractivity contribution in [3.8, 4) is 5.75 Å². The van der Waals surface area contributed by atoms with Crippen LogP contribution in [-0.4, -0.2) is 22.5 Å². The van der Waals surface area contributed by atoms with Crippen molar-refractivity contribution in [3.63, 3.8) is 0 Å². The van der Waals surface area contributed by atoms with E-state index in [-0.39, 0.29) is 11.5 Å². The summed E-state index contributed by atoms with van der Waals surface area (Å²) in [5.74, 6) is -0.953. The van der Waals surface area contributed by atoms with Gasteiger partial charge >= 0.3 is 12.3 Å². The first-order chi connectivity index (χ1) is 10.2. The van der Waals surface area contributed by atoms with E-state index in [4.69, 9.17) is 9.15 Å². The predicted octanol–water partition coefficient (Wildman–Crippen LogP) is 3.19. The number of esters is 1. The van der Waals surface area contributed by atoms with E-state index in [9.17, 15) is 18.0 Å². The SMILES string of the molecule is Cc1nnc([C@@H](C)OC(=O)c2cccc(OC(F)(F)F)c2)o1. The van der Waals surface area contributed by atoms with Crippen LogP contribution in [0.1, 0.15) is 35.2 Å². The van der Waals surface area contributed by atoms with E-state index in [1.54, 1.807) is 6.92 Å². The van der Waals surface area contributed by atoms with Crippen molar-refractivity contribution in [1.29, 1.82) is 0 Å². The molecule has 0 saturated carbocycles. The summed E-state index contributed by atoms with van der Waals surface area (Å²) in [6.07, 6.45) is -5.67. The molecule has 1 atom stereocenters. The van der Waals surface area contributed by atoms with Gasteiger partial charge in [0.05, 0.1) is 5.56 Å². The van der Waals surface area contributed by atoms with E-state index >= 15 is 0 Å². The summed E-state index contributed by atoms with van der Waals surface area (Å²) in [4.78, 5) is 11.9. The lowest BCUT2D eigenvalue weighted by molar-refractivity contribution is -0.274. The third-order valence-electron chi connectivity index (χ3n) is 2.48. The Hall–Kier alpha value is -2.58.